The Labute approximate surface area is 226 Å². The van der Waals surface area contributed by atoms with Crippen LogP contribution in [0.3, 0.4) is 0 Å². The van der Waals surface area contributed by atoms with Crippen LogP contribution in [0.1, 0.15) is 44.2 Å². The number of nitrogens with one attached hydrogen (secondary N) is 1. The van der Waals surface area contributed by atoms with E-state index in [4.69, 9.17) is 14.9 Å². The SMILES string of the molecule is CCNc1cc2c(cn1)c(-c1cnn(C[C@@H](O)CO)c1)nn2[C@H]1CC[C@@H](Oc2nccc(C(F)(F)F)c2F)CC1. The molecule has 0 spiro atoms. The number of halogens is 4. The van der Waals surface area contributed by atoms with E-state index in [-0.39, 0.29) is 19.2 Å². The van der Waals surface area contributed by atoms with Crippen molar-refractivity contribution in [2.24, 2.45) is 0 Å². The van der Waals surface area contributed by atoms with Gasteiger partial charge in [-0.05, 0) is 38.7 Å². The minimum absolute atomic E-state index is 0.0430. The lowest BCUT2D eigenvalue weighted by atomic mass is 9.93. The molecule has 4 aromatic heterocycles. The van der Waals surface area contributed by atoms with E-state index in [0.29, 0.717) is 49.8 Å². The highest BCUT2D eigenvalue weighted by Gasteiger charge is 2.36. The molecule has 1 aliphatic carbocycles. The van der Waals surface area contributed by atoms with E-state index in [1.165, 1.54) is 4.68 Å². The minimum Gasteiger partial charge on any atom is -0.472 e. The summed E-state index contributed by atoms with van der Waals surface area (Å²) in [5.74, 6) is -1.46. The van der Waals surface area contributed by atoms with Gasteiger partial charge in [0.15, 0.2) is 5.82 Å². The maximum absolute atomic E-state index is 14.4. The van der Waals surface area contributed by atoms with Crippen molar-refractivity contribution in [2.45, 2.75) is 63.6 Å². The van der Waals surface area contributed by atoms with Gasteiger partial charge in [-0.15, -0.1) is 0 Å². The summed E-state index contributed by atoms with van der Waals surface area (Å²) in [7, 11) is 0. The normalized spacial score (nSPS) is 18.7. The van der Waals surface area contributed by atoms with Crippen molar-refractivity contribution in [1.82, 2.24) is 29.5 Å². The molecule has 1 aliphatic rings. The summed E-state index contributed by atoms with van der Waals surface area (Å²) in [6.07, 6.45) is 1.89. The highest BCUT2D eigenvalue weighted by molar-refractivity contribution is 5.93. The Morgan fingerprint density at radius 1 is 1.18 bits per heavy atom. The minimum atomic E-state index is -4.84. The third-order valence-electron chi connectivity index (χ3n) is 6.90. The fourth-order valence-electron chi connectivity index (χ4n) is 4.95. The number of hydrogen-bond acceptors (Lipinski definition) is 8. The first kappa shape index (κ1) is 27.8. The maximum Gasteiger partial charge on any atom is 0.419 e. The largest absolute Gasteiger partial charge is 0.472 e. The number of aromatic nitrogens is 6. The van der Waals surface area contributed by atoms with E-state index >= 15 is 0 Å². The highest BCUT2D eigenvalue weighted by Crippen LogP contribution is 2.38. The zero-order chi connectivity index (χ0) is 28.4. The van der Waals surface area contributed by atoms with Crippen LogP contribution in [0, 0.1) is 5.82 Å². The Balaban J connectivity index is 1.38. The van der Waals surface area contributed by atoms with Crippen molar-refractivity contribution >= 4 is 16.7 Å². The summed E-state index contributed by atoms with van der Waals surface area (Å²) in [5.41, 5.74) is 0.818. The van der Waals surface area contributed by atoms with Gasteiger partial charge in [0.25, 0.3) is 5.88 Å². The zero-order valence-corrected chi connectivity index (χ0v) is 21.6. The van der Waals surface area contributed by atoms with Crippen LogP contribution in [0.25, 0.3) is 22.2 Å². The fraction of sp³-hybridized carbons (Fsp3) is 0.462. The van der Waals surface area contributed by atoms with Crippen LogP contribution in [0.15, 0.2) is 36.9 Å². The van der Waals surface area contributed by atoms with Crippen molar-refractivity contribution in [3.63, 3.8) is 0 Å². The van der Waals surface area contributed by atoms with E-state index in [2.05, 4.69) is 20.4 Å². The second-order valence-corrected chi connectivity index (χ2v) is 9.72. The van der Waals surface area contributed by atoms with Gasteiger partial charge in [0.2, 0.25) is 0 Å². The summed E-state index contributed by atoms with van der Waals surface area (Å²) < 4.78 is 62.7. The van der Waals surface area contributed by atoms with Crippen molar-refractivity contribution in [1.29, 1.82) is 0 Å². The smallest absolute Gasteiger partial charge is 0.419 e. The Morgan fingerprint density at radius 2 is 1.95 bits per heavy atom. The molecule has 4 heterocycles. The van der Waals surface area contributed by atoms with Gasteiger partial charge in [0, 0.05) is 42.2 Å². The first-order valence-electron chi connectivity index (χ1n) is 13.0. The summed E-state index contributed by atoms with van der Waals surface area (Å²) in [4.78, 5) is 8.18. The molecule has 0 amide bonds. The van der Waals surface area contributed by atoms with Crippen molar-refractivity contribution in [3.8, 4) is 17.1 Å². The molecule has 0 unspecified atom stereocenters. The molecule has 0 saturated heterocycles. The second kappa shape index (κ2) is 11.4. The number of aliphatic hydroxyl groups excluding tert-OH is 2. The first-order valence-corrected chi connectivity index (χ1v) is 13.0. The molecule has 0 aromatic carbocycles. The van der Waals surface area contributed by atoms with Crippen molar-refractivity contribution in [2.75, 3.05) is 18.5 Å². The quantitative estimate of drug-likeness (QED) is 0.259. The number of aliphatic hydroxyl groups is 2. The van der Waals surface area contributed by atoms with Gasteiger partial charge in [0.05, 0.1) is 42.6 Å². The number of alkyl halides is 3. The van der Waals surface area contributed by atoms with E-state index in [9.17, 15) is 22.7 Å². The van der Waals surface area contributed by atoms with E-state index in [0.717, 1.165) is 22.7 Å². The molecule has 0 bridgehead atoms. The van der Waals surface area contributed by atoms with Crippen LogP contribution in [0.5, 0.6) is 5.88 Å². The Morgan fingerprint density at radius 3 is 2.65 bits per heavy atom. The number of ether oxygens (including phenoxy) is 1. The van der Waals surface area contributed by atoms with Crippen LogP contribution in [0.2, 0.25) is 0 Å². The molecule has 1 fully saturated rings. The fourth-order valence-corrected chi connectivity index (χ4v) is 4.95. The van der Waals surface area contributed by atoms with Crippen LogP contribution in [-0.2, 0) is 12.7 Å². The molecule has 10 nitrogen and oxygen atoms in total. The second-order valence-electron chi connectivity index (χ2n) is 9.72. The van der Waals surface area contributed by atoms with Crippen LogP contribution >= 0.6 is 0 Å². The monoisotopic (exact) mass is 563 g/mol. The summed E-state index contributed by atoms with van der Waals surface area (Å²) in [6.45, 7) is 2.39. The van der Waals surface area contributed by atoms with Crippen LogP contribution in [-0.4, -0.2) is 65.1 Å². The Bertz CT molecular complexity index is 1460. The third-order valence-corrected chi connectivity index (χ3v) is 6.90. The number of rotatable bonds is 9. The molecule has 1 saturated carbocycles. The lowest BCUT2D eigenvalue weighted by Crippen LogP contribution is -2.27. The highest BCUT2D eigenvalue weighted by atomic mass is 19.4. The van der Waals surface area contributed by atoms with E-state index < -0.39 is 35.6 Å². The van der Waals surface area contributed by atoms with Gasteiger partial charge >= 0.3 is 6.18 Å². The Kier molecular flexibility index (Phi) is 7.90. The maximum atomic E-state index is 14.4. The number of hydrogen-bond donors (Lipinski definition) is 3. The molecule has 0 radical (unpaired) electrons. The summed E-state index contributed by atoms with van der Waals surface area (Å²) in [5, 5.41) is 32.1. The number of anilines is 1. The van der Waals surface area contributed by atoms with Crippen LogP contribution in [0.4, 0.5) is 23.4 Å². The van der Waals surface area contributed by atoms with Gasteiger partial charge in [-0.3, -0.25) is 9.36 Å². The topological polar surface area (TPSA) is 123 Å². The molecule has 14 heteroatoms. The lowest BCUT2D eigenvalue weighted by molar-refractivity contribution is -0.140. The standard InChI is InChI=1S/C26H29F4N7O3/c1-2-31-22-9-21-19(11-33-22)24(15-10-34-36(12-15)13-17(39)14-38)35-37(21)16-3-5-18(6-4-16)40-25-23(27)20(7-8-32-25)26(28,29)30/h7-12,16-18,38-39H,2-6,13-14H2,1H3,(H,31,33)/t16-,17-,18+/m1/s1. The summed E-state index contributed by atoms with van der Waals surface area (Å²) in [6, 6.07) is 2.47. The molecule has 214 valence electrons. The molecule has 40 heavy (non-hydrogen) atoms. The van der Waals surface area contributed by atoms with Crippen molar-refractivity contribution < 1.29 is 32.5 Å². The van der Waals surface area contributed by atoms with E-state index in [1.807, 2.05) is 17.7 Å². The molecule has 5 rings (SSSR count). The molecule has 3 N–H and O–H groups in total. The molecular weight excluding hydrogens is 534 g/mol. The molecule has 4 aromatic rings. The zero-order valence-electron chi connectivity index (χ0n) is 21.6. The van der Waals surface area contributed by atoms with Gasteiger partial charge < -0.3 is 20.3 Å². The number of fused-ring (bicyclic) bond motifs is 1. The summed E-state index contributed by atoms with van der Waals surface area (Å²) >= 11 is 0. The number of pyridine rings is 2. The average Bonchev–Trinajstić information content (AvgIpc) is 3.54. The first-order chi connectivity index (χ1) is 19.2. The van der Waals surface area contributed by atoms with Gasteiger partial charge in [-0.25, -0.2) is 14.4 Å². The predicted molar refractivity (Wildman–Crippen MR) is 137 cm³/mol. The molecular formula is C26H29F4N7O3. The average molecular weight is 564 g/mol. The molecule has 1 atom stereocenters. The van der Waals surface area contributed by atoms with E-state index in [1.54, 1.807) is 18.6 Å². The van der Waals surface area contributed by atoms with Crippen LogP contribution < -0.4 is 10.1 Å². The number of nitrogens with zero attached hydrogens (tertiary/aromatic N) is 6. The third kappa shape index (κ3) is 5.72. The Hall–Kier alpha value is -3.78. The predicted octanol–water partition coefficient (Wildman–Crippen LogP) is 4.20. The molecule has 0 aliphatic heterocycles. The van der Waals surface area contributed by atoms with Crippen molar-refractivity contribution in [3.05, 3.63) is 48.3 Å². The van der Waals surface area contributed by atoms with Gasteiger partial charge in [0.1, 0.15) is 17.6 Å². The lowest BCUT2D eigenvalue weighted by Gasteiger charge is -2.29. The van der Waals surface area contributed by atoms with Gasteiger partial charge in [-0.1, -0.05) is 0 Å². The van der Waals surface area contributed by atoms with Gasteiger partial charge in [-0.2, -0.15) is 23.4 Å².